The first-order valence-electron chi connectivity index (χ1n) is 9.21. The highest BCUT2D eigenvalue weighted by Gasteiger charge is 2.20. The summed E-state index contributed by atoms with van der Waals surface area (Å²) in [4.78, 5) is 11.8. The lowest BCUT2D eigenvalue weighted by Crippen LogP contribution is -2.46. The molecule has 6 nitrogen and oxygen atoms in total. The zero-order valence-corrected chi connectivity index (χ0v) is 18.1. The summed E-state index contributed by atoms with van der Waals surface area (Å²) >= 11 is 0. The molecule has 0 aliphatic rings. The monoisotopic (exact) mass is 423 g/mol. The molecule has 0 amide bonds. The van der Waals surface area contributed by atoms with Crippen molar-refractivity contribution >= 4 is 18.4 Å². The lowest BCUT2D eigenvalue weighted by molar-refractivity contribution is 0.0588. The van der Waals surface area contributed by atoms with Crippen molar-refractivity contribution in [1.29, 1.82) is 0 Å². The second-order valence-electron chi connectivity index (χ2n) is 7.24. The third kappa shape index (κ3) is 7.93. The SMILES string of the molecule is COC(=O)c1ccccc1OCC(O)CNC(C)(C)Cc1ccc(OC)cc1.Cl. The number of carbonyl (C=O) groups excluding carboxylic acids is 1. The van der Waals surface area contributed by atoms with Gasteiger partial charge in [0, 0.05) is 12.1 Å². The van der Waals surface area contributed by atoms with E-state index in [1.165, 1.54) is 12.7 Å². The Morgan fingerprint density at radius 2 is 1.76 bits per heavy atom. The number of para-hydroxylation sites is 1. The van der Waals surface area contributed by atoms with Crippen LogP contribution in [-0.4, -0.2) is 50.1 Å². The van der Waals surface area contributed by atoms with Gasteiger partial charge in [0.05, 0.1) is 14.2 Å². The molecule has 2 aromatic carbocycles. The molecule has 0 heterocycles. The number of halogens is 1. The van der Waals surface area contributed by atoms with E-state index in [0.717, 1.165) is 12.2 Å². The normalized spacial score (nSPS) is 11.9. The second kappa shape index (κ2) is 11.7. The minimum Gasteiger partial charge on any atom is -0.497 e. The first-order chi connectivity index (χ1) is 13.3. The number of β-amino-alcohol motifs (C(OH)–C–C–N with tert-alkyl or cyclic N) is 1. The van der Waals surface area contributed by atoms with Crippen LogP contribution in [0.1, 0.15) is 29.8 Å². The van der Waals surface area contributed by atoms with E-state index >= 15 is 0 Å². The van der Waals surface area contributed by atoms with Crippen molar-refractivity contribution in [3.63, 3.8) is 0 Å². The number of aliphatic hydroxyl groups is 1. The molecule has 0 aromatic heterocycles. The minimum atomic E-state index is -0.721. The van der Waals surface area contributed by atoms with Crippen molar-refractivity contribution in [2.24, 2.45) is 0 Å². The summed E-state index contributed by atoms with van der Waals surface area (Å²) in [5, 5.41) is 13.6. The Labute approximate surface area is 178 Å². The van der Waals surface area contributed by atoms with E-state index in [2.05, 4.69) is 19.2 Å². The number of methoxy groups -OCH3 is 2. The molecular weight excluding hydrogens is 394 g/mol. The standard InChI is InChI=1S/C22H29NO5.ClH/c1-22(2,13-16-9-11-18(26-3)12-10-16)23-14-17(24)15-28-20-8-6-5-7-19(20)21(25)27-4;/h5-12,17,23-24H,13-15H2,1-4H3;1H. The van der Waals surface area contributed by atoms with Gasteiger partial charge in [0.25, 0.3) is 0 Å². The van der Waals surface area contributed by atoms with Crippen LogP contribution < -0.4 is 14.8 Å². The van der Waals surface area contributed by atoms with Crippen LogP contribution in [0.15, 0.2) is 48.5 Å². The van der Waals surface area contributed by atoms with Crippen LogP contribution in [0.2, 0.25) is 0 Å². The summed E-state index contributed by atoms with van der Waals surface area (Å²) in [6, 6.07) is 14.8. The Balaban J connectivity index is 0.00000420. The molecule has 7 heteroatoms. The van der Waals surface area contributed by atoms with E-state index in [0.29, 0.717) is 17.9 Å². The quantitative estimate of drug-likeness (QED) is 0.571. The number of ether oxygens (including phenoxy) is 3. The van der Waals surface area contributed by atoms with Gasteiger partial charge in [0.15, 0.2) is 0 Å². The van der Waals surface area contributed by atoms with E-state index in [-0.39, 0.29) is 24.6 Å². The topological polar surface area (TPSA) is 77.0 Å². The maximum atomic E-state index is 11.8. The Hall–Kier alpha value is -2.28. The van der Waals surface area contributed by atoms with Gasteiger partial charge in [-0.3, -0.25) is 0 Å². The molecule has 1 atom stereocenters. The van der Waals surface area contributed by atoms with Crippen LogP contribution in [0.25, 0.3) is 0 Å². The number of benzene rings is 2. The van der Waals surface area contributed by atoms with Gasteiger partial charge < -0.3 is 24.6 Å². The number of esters is 1. The molecule has 0 bridgehead atoms. The molecule has 0 fully saturated rings. The second-order valence-corrected chi connectivity index (χ2v) is 7.24. The molecule has 0 radical (unpaired) electrons. The van der Waals surface area contributed by atoms with Gasteiger partial charge in [0.1, 0.15) is 29.8 Å². The van der Waals surface area contributed by atoms with Gasteiger partial charge in [-0.1, -0.05) is 24.3 Å². The van der Waals surface area contributed by atoms with Gasteiger partial charge in [0.2, 0.25) is 0 Å². The van der Waals surface area contributed by atoms with Crippen LogP contribution in [0.4, 0.5) is 0 Å². The summed E-state index contributed by atoms with van der Waals surface area (Å²) in [5.41, 5.74) is 1.31. The average Bonchev–Trinajstić information content (AvgIpc) is 2.70. The Kier molecular flexibility index (Phi) is 9.95. The summed E-state index contributed by atoms with van der Waals surface area (Å²) in [5.74, 6) is 0.754. The van der Waals surface area contributed by atoms with Gasteiger partial charge >= 0.3 is 5.97 Å². The van der Waals surface area contributed by atoms with E-state index in [1.54, 1.807) is 31.4 Å². The molecule has 0 saturated carbocycles. The van der Waals surface area contributed by atoms with Crippen LogP contribution in [-0.2, 0) is 11.2 Å². The molecule has 2 rings (SSSR count). The summed E-state index contributed by atoms with van der Waals surface area (Å²) < 4.78 is 15.6. The fraction of sp³-hybridized carbons (Fsp3) is 0.409. The number of carbonyl (C=O) groups is 1. The number of aliphatic hydroxyl groups excluding tert-OH is 1. The first kappa shape index (κ1) is 24.8. The zero-order chi connectivity index (χ0) is 20.6. The van der Waals surface area contributed by atoms with E-state index in [4.69, 9.17) is 14.2 Å². The highest BCUT2D eigenvalue weighted by Crippen LogP contribution is 2.19. The van der Waals surface area contributed by atoms with Crippen LogP contribution in [0.3, 0.4) is 0 Å². The highest BCUT2D eigenvalue weighted by atomic mass is 35.5. The number of hydrogen-bond donors (Lipinski definition) is 2. The lowest BCUT2D eigenvalue weighted by Gasteiger charge is -2.28. The maximum absolute atomic E-state index is 11.8. The number of nitrogens with one attached hydrogen (secondary N) is 1. The Morgan fingerprint density at radius 1 is 1.10 bits per heavy atom. The van der Waals surface area contributed by atoms with Gasteiger partial charge in [-0.15, -0.1) is 12.4 Å². The minimum absolute atomic E-state index is 0. The fourth-order valence-electron chi connectivity index (χ4n) is 2.83. The smallest absolute Gasteiger partial charge is 0.341 e. The summed E-state index contributed by atoms with van der Waals surface area (Å²) in [6.45, 7) is 4.60. The van der Waals surface area contributed by atoms with Gasteiger partial charge in [-0.2, -0.15) is 0 Å². The zero-order valence-electron chi connectivity index (χ0n) is 17.3. The molecule has 0 aliphatic heterocycles. The predicted molar refractivity (Wildman–Crippen MR) is 115 cm³/mol. The summed E-state index contributed by atoms with van der Waals surface area (Å²) in [7, 11) is 2.97. The molecule has 160 valence electrons. The predicted octanol–water partition coefficient (Wildman–Crippen LogP) is 3.25. The van der Waals surface area contributed by atoms with E-state index < -0.39 is 12.1 Å². The molecule has 1 unspecified atom stereocenters. The Bertz CT molecular complexity index is 764. The number of rotatable bonds is 10. The van der Waals surface area contributed by atoms with E-state index in [1.807, 2.05) is 24.3 Å². The molecule has 29 heavy (non-hydrogen) atoms. The average molecular weight is 424 g/mol. The van der Waals surface area contributed by atoms with Gasteiger partial charge in [-0.05, 0) is 50.1 Å². The third-order valence-corrected chi connectivity index (χ3v) is 4.34. The van der Waals surface area contributed by atoms with Crippen LogP contribution in [0, 0.1) is 0 Å². The van der Waals surface area contributed by atoms with E-state index in [9.17, 15) is 9.90 Å². The van der Waals surface area contributed by atoms with Crippen molar-refractivity contribution in [2.45, 2.75) is 31.9 Å². The summed E-state index contributed by atoms with van der Waals surface area (Å²) in [6.07, 6.45) is 0.0799. The molecule has 2 N–H and O–H groups in total. The Morgan fingerprint density at radius 3 is 2.38 bits per heavy atom. The molecular formula is C22H30ClNO5. The van der Waals surface area contributed by atoms with Crippen LogP contribution in [0.5, 0.6) is 11.5 Å². The largest absolute Gasteiger partial charge is 0.497 e. The molecule has 0 aliphatic carbocycles. The fourth-order valence-corrected chi connectivity index (χ4v) is 2.83. The first-order valence-corrected chi connectivity index (χ1v) is 9.21. The number of hydrogen-bond acceptors (Lipinski definition) is 6. The van der Waals surface area contributed by atoms with Crippen molar-refractivity contribution in [3.8, 4) is 11.5 Å². The molecule has 0 spiro atoms. The van der Waals surface area contributed by atoms with Crippen LogP contribution >= 0.6 is 12.4 Å². The third-order valence-electron chi connectivity index (χ3n) is 4.34. The maximum Gasteiger partial charge on any atom is 0.341 e. The molecule has 0 saturated heterocycles. The van der Waals surface area contributed by atoms with Crippen molar-refractivity contribution in [2.75, 3.05) is 27.4 Å². The lowest BCUT2D eigenvalue weighted by atomic mass is 9.94. The van der Waals surface area contributed by atoms with Crippen molar-refractivity contribution in [1.82, 2.24) is 5.32 Å². The molecule has 2 aromatic rings. The van der Waals surface area contributed by atoms with Crippen molar-refractivity contribution < 1.29 is 24.1 Å². The van der Waals surface area contributed by atoms with Crippen molar-refractivity contribution in [3.05, 3.63) is 59.7 Å². The van der Waals surface area contributed by atoms with Gasteiger partial charge in [-0.25, -0.2) is 4.79 Å². The highest BCUT2D eigenvalue weighted by molar-refractivity contribution is 5.92.